The van der Waals surface area contributed by atoms with Gasteiger partial charge < -0.3 is 15.7 Å². The second-order valence-corrected chi connectivity index (χ2v) is 4.87. The van der Waals surface area contributed by atoms with Gasteiger partial charge in [-0.15, -0.1) is 0 Å². The minimum atomic E-state index is -0.279. The Morgan fingerprint density at radius 1 is 1.38 bits per heavy atom. The largest absolute Gasteiger partial charge is 0.394 e. The van der Waals surface area contributed by atoms with Gasteiger partial charge in [-0.2, -0.15) is 0 Å². The van der Waals surface area contributed by atoms with Crippen LogP contribution in [0.25, 0.3) is 0 Å². The standard InChI is InChI=1S/C13H22N2O/c1-10-5-6-12(11(7-10)8-14)15(4)13(2,3)9-16/h5-7,16H,8-9,14H2,1-4H3. The molecule has 0 saturated carbocycles. The summed E-state index contributed by atoms with van der Waals surface area (Å²) in [6.07, 6.45) is 0. The van der Waals surface area contributed by atoms with Gasteiger partial charge >= 0.3 is 0 Å². The Morgan fingerprint density at radius 2 is 2.00 bits per heavy atom. The highest BCUT2D eigenvalue weighted by atomic mass is 16.3. The van der Waals surface area contributed by atoms with Gasteiger partial charge in [-0.25, -0.2) is 0 Å². The molecule has 1 aromatic rings. The Bertz CT molecular complexity index is 361. The number of benzene rings is 1. The van der Waals surface area contributed by atoms with E-state index in [0.29, 0.717) is 6.54 Å². The number of anilines is 1. The summed E-state index contributed by atoms with van der Waals surface area (Å²) in [5.41, 5.74) is 8.89. The summed E-state index contributed by atoms with van der Waals surface area (Å²) >= 11 is 0. The molecule has 0 heterocycles. The van der Waals surface area contributed by atoms with Crippen molar-refractivity contribution in [3.63, 3.8) is 0 Å². The van der Waals surface area contributed by atoms with Crippen molar-refractivity contribution < 1.29 is 5.11 Å². The van der Waals surface area contributed by atoms with Crippen LogP contribution in [0.5, 0.6) is 0 Å². The van der Waals surface area contributed by atoms with Gasteiger partial charge in [-0.1, -0.05) is 17.7 Å². The van der Waals surface area contributed by atoms with E-state index < -0.39 is 0 Å². The van der Waals surface area contributed by atoms with Gasteiger partial charge in [0.15, 0.2) is 0 Å². The molecule has 16 heavy (non-hydrogen) atoms. The maximum atomic E-state index is 9.37. The number of aliphatic hydroxyl groups excluding tert-OH is 1. The zero-order valence-corrected chi connectivity index (χ0v) is 10.6. The van der Waals surface area contributed by atoms with Gasteiger partial charge in [-0.05, 0) is 32.4 Å². The highest BCUT2D eigenvalue weighted by Crippen LogP contribution is 2.26. The second kappa shape index (κ2) is 4.85. The van der Waals surface area contributed by atoms with Crippen molar-refractivity contribution in [2.75, 3.05) is 18.6 Å². The molecule has 0 aliphatic heterocycles. The summed E-state index contributed by atoms with van der Waals surface area (Å²) in [6.45, 7) is 6.70. The van der Waals surface area contributed by atoms with E-state index >= 15 is 0 Å². The lowest BCUT2D eigenvalue weighted by Crippen LogP contribution is -2.44. The summed E-state index contributed by atoms with van der Waals surface area (Å²) in [7, 11) is 1.99. The second-order valence-electron chi connectivity index (χ2n) is 4.87. The first-order chi connectivity index (χ1) is 7.42. The van der Waals surface area contributed by atoms with Crippen LogP contribution < -0.4 is 10.6 Å². The van der Waals surface area contributed by atoms with Crippen molar-refractivity contribution in [3.05, 3.63) is 29.3 Å². The van der Waals surface area contributed by atoms with Crippen LogP contribution in [0.4, 0.5) is 5.69 Å². The number of aryl methyl sites for hydroxylation is 1. The van der Waals surface area contributed by atoms with Gasteiger partial charge in [-0.3, -0.25) is 0 Å². The van der Waals surface area contributed by atoms with Crippen molar-refractivity contribution in [1.29, 1.82) is 0 Å². The molecular weight excluding hydrogens is 200 g/mol. The predicted octanol–water partition coefficient (Wildman–Crippen LogP) is 1.66. The van der Waals surface area contributed by atoms with E-state index in [-0.39, 0.29) is 12.1 Å². The Kier molecular flexibility index (Phi) is 3.94. The fourth-order valence-electron chi connectivity index (χ4n) is 1.64. The van der Waals surface area contributed by atoms with Crippen LogP contribution >= 0.6 is 0 Å². The van der Waals surface area contributed by atoms with Gasteiger partial charge in [0, 0.05) is 19.3 Å². The third-order valence-electron chi connectivity index (χ3n) is 3.11. The third-order valence-corrected chi connectivity index (χ3v) is 3.11. The number of likely N-dealkylation sites (N-methyl/N-ethyl adjacent to an activating group) is 1. The first-order valence-electron chi connectivity index (χ1n) is 5.56. The minimum Gasteiger partial charge on any atom is -0.394 e. The normalized spacial score (nSPS) is 11.6. The van der Waals surface area contributed by atoms with Gasteiger partial charge in [0.05, 0.1) is 12.1 Å². The van der Waals surface area contributed by atoms with E-state index in [2.05, 4.69) is 30.0 Å². The summed E-state index contributed by atoms with van der Waals surface area (Å²) in [5, 5.41) is 9.37. The number of aliphatic hydroxyl groups is 1. The fraction of sp³-hybridized carbons (Fsp3) is 0.538. The molecular formula is C13H22N2O. The molecule has 90 valence electrons. The highest BCUT2D eigenvalue weighted by molar-refractivity contribution is 5.56. The van der Waals surface area contributed by atoms with Crippen LogP contribution in [0.15, 0.2) is 18.2 Å². The number of nitrogens with zero attached hydrogens (tertiary/aromatic N) is 1. The maximum absolute atomic E-state index is 9.37. The van der Waals surface area contributed by atoms with Gasteiger partial charge in [0.2, 0.25) is 0 Å². The number of rotatable bonds is 4. The van der Waals surface area contributed by atoms with Crippen molar-refractivity contribution in [2.45, 2.75) is 32.9 Å². The van der Waals surface area contributed by atoms with E-state index in [0.717, 1.165) is 11.3 Å². The Labute approximate surface area is 97.9 Å². The lowest BCUT2D eigenvalue weighted by molar-refractivity contribution is 0.216. The lowest BCUT2D eigenvalue weighted by atomic mass is 10.0. The number of hydrogen-bond donors (Lipinski definition) is 2. The molecule has 3 heteroatoms. The zero-order valence-electron chi connectivity index (χ0n) is 10.6. The molecule has 0 saturated heterocycles. The van der Waals surface area contributed by atoms with Gasteiger partial charge in [0.1, 0.15) is 0 Å². The topological polar surface area (TPSA) is 49.5 Å². The van der Waals surface area contributed by atoms with E-state index in [9.17, 15) is 5.11 Å². The van der Waals surface area contributed by atoms with Crippen LogP contribution in [0.1, 0.15) is 25.0 Å². The molecule has 0 spiro atoms. The SMILES string of the molecule is Cc1ccc(N(C)C(C)(C)CO)c(CN)c1. The monoisotopic (exact) mass is 222 g/mol. The lowest BCUT2D eigenvalue weighted by Gasteiger charge is -2.37. The Balaban J connectivity index is 3.13. The maximum Gasteiger partial charge on any atom is 0.0658 e. The molecule has 3 N–H and O–H groups in total. The van der Waals surface area contributed by atoms with Crippen molar-refractivity contribution in [3.8, 4) is 0 Å². The summed E-state index contributed by atoms with van der Waals surface area (Å²) in [4.78, 5) is 2.08. The molecule has 0 unspecified atom stereocenters. The molecule has 1 rings (SSSR count). The zero-order chi connectivity index (χ0) is 12.3. The number of nitrogens with two attached hydrogens (primary N) is 1. The Morgan fingerprint density at radius 3 is 2.50 bits per heavy atom. The van der Waals surface area contributed by atoms with Crippen LogP contribution in [0.3, 0.4) is 0 Å². The van der Waals surface area contributed by atoms with E-state index in [1.807, 2.05) is 20.9 Å². The van der Waals surface area contributed by atoms with Crippen LogP contribution in [-0.4, -0.2) is 24.3 Å². The van der Waals surface area contributed by atoms with Crippen LogP contribution in [-0.2, 0) is 6.54 Å². The van der Waals surface area contributed by atoms with Crippen LogP contribution in [0, 0.1) is 6.92 Å². The molecule has 1 aromatic carbocycles. The first-order valence-corrected chi connectivity index (χ1v) is 5.56. The average Bonchev–Trinajstić information content (AvgIpc) is 2.27. The quantitative estimate of drug-likeness (QED) is 0.814. The van der Waals surface area contributed by atoms with E-state index in [1.54, 1.807) is 0 Å². The molecule has 3 nitrogen and oxygen atoms in total. The van der Waals surface area contributed by atoms with Crippen molar-refractivity contribution in [2.24, 2.45) is 5.73 Å². The van der Waals surface area contributed by atoms with E-state index in [4.69, 9.17) is 5.73 Å². The molecule has 0 aromatic heterocycles. The highest BCUT2D eigenvalue weighted by Gasteiger charge is 2.24. The first kappa shape index (κ1) is 13.0. The van der Waals surface area contributed by atoms with Crippen molar-refractivity contribution in [1.82, 2.24) is 0 Å². The summed E-state index contributed by atoms with van der Waals surface area (Å²) in [6, 6.07) is 6.23. The molecule has 0 bridgehead atoms. The predicted molar refractivity (Wildman–Crippen MR) is 68.6 cm³/mol. The van der Waals surface area contributed by atoms with Gasteiger partial charge in [0.25, 0.3) is 0 Å². The third kappa shape index (κ3) is 2.54. The molecule has 0 atom stereocenters. The summed E-state index contributed by atoms with van der Waals surface area (Å²) < 4.78 is 0. The van der Waals surface area contributed by atoms with Crippen molar-refractivity contribution >= 4 is 5.69 Å². The number of hydrogen-bond acceptors (Lipinski definition) is 3. The minimum absolute atomic E-state index is 0.112. The molecule has 0 aliphatic carbocycles. The average molecular weight is 222 g/mol. The molecule has 0 aliphatic rings. The summed E-state index contributed by atoms with van der Waals surface area (Å²) in [5.74, 6) is 0. The van der Waals surface area contributed by atoms with E-state index in [1.165, 1.54) is 5.56 Å². The molecule has 0 amide bonds. The smallest absolute Gasteiger partial charge is 0.0658 e. The fourth-order valence-corrected chi connectivity index (χ4v) is 1.64. The molecule has 0 radical (unpaired) electrons. The Hall–Kier alpha value is -1.06. The molecule has 0 fully saturated rings. The van der Waals surface area contributed by atoms with Crippen LogP contribution in [0.2, 0.25) is 0 Å².